The van der Waals surface area contributed by atoms with Gasteiger partial charge >= 0.3 is 0 Å². The molecule has 100 valence electrons. The van der Waals surface area contributed by atoms with E-state index in [1.54, 1.807) is 0 Å². The van der Waals surface area contributed by atoms with Gasteiger partial charge in [-0.2, -0.15) is 0 Å². The molecule has 0 aliphatic heterocycles. The van der Waals surface area contributed by atoms with Crippen LogP contribution in [0.25, 0.3) is 0 Å². The first-order chi connectivity index (χ1) is 8.79. The predicted octanol–water partition coefficient (Wildman–Crippen LogP) is 2.85. The molecular weight excluding hydrogens is 220 g/mol. The summed E-state index contributed by atoms with van der Waals surface area (Å²) in [5, 5.41) is 0. The lowest BCUT2D eigenvalue weighted by molar-refractivity contribution is 0.263. The highest BCUT2D eigenvalue weighted by atomic mass is 15.1. The maximum absolute atomic E-state index is 5.93. The fraction of sp³-hybridized carbons (Fsp3) is 0.625. The molecule has 18 heavy (non-hydrogen) atoms. The second kappa shape index (κ2) is 6.91. The molecule has 1 fully saturated rings. The van der Waals surface area contributed by atoms with E-state index >= 15 is 0 Å². The fourth-order valence-corrected chi connectivity index (χ4v) is 3.13. The van der Waals surface area contributed by atoms with Crippen LogP contribution in [0.2, 0.25) is 0 Å². The largest absolute Gasteiger partial charge is 0.330 e. The Labute approximate surface area is 111 Å². The Hall–Kier alpha value is -0.860. The highest BCUT2D eigenvalue weighted by Crippen LogP contribution is 2.26. The number of nitrogens with two attached hydrogens (primary N) is 1. The molecule has 0 spiro atoms. The van der Waals surface area contributed by atoms with Gasteiger partial charge in [-0.3, -0.25) is 0 Å². The molecule has 2 rings (SSSR count). The summed E-state index contributed by atoms with van der Waals surface area (Å²) in [4.78, 5) is 2.47. The minimum absolute atomic E-state index is 0.470. The van der Waals surface area contributed by atoms with Crippen LogP contribution in [0.3, 0.4) is 0 Å². The summed E-state index contributed by atoms with van der Waals surface area (Å²) in [7, 11) is 2.24. The quantitative estimate of drug-likeness (QED) is 0.836. The summed E-state index contributed by atoms with van der Waals surface area (Å²) >= 11 is 0. The standard InChI is InChI=1S/C16H26N2/c1-18(12-14-7-5-6-8-14)13-16(11-17)15-9-3-2-4-10-15/h2-4,9-10,14,16H,5-8,11-13,17H2,1H3. The van der Waals surface area contributed by atoms with Crippen LogP contribution >= 0.6 is 0 Å². The molecule has 0 bridgehead atoms. The van der Waals surface area contributed by atoms with Crippen molar-refractivity contribution < 1.29 is 0 Å². The van der Waals surface area contributed by atoms with Gasteiger partial charge in [-0.1, -0.05) is 43.2 Å². The van der Waals surface area contributed by atoms with Gasteiger partial charge in [0.15, 0.2) is 0 Å². The van der Waals surface area contributed by atoms with E-state index in [1.165, 1.54) is 37.8 Å². The van der Waals surface area contributed by atoms with Crippen LogP contribution in [-0.2, 0) is 0 Å². The maximum Gasteiger partial charge on any atom is 0.00887 e. The third-order valence-corrected chi connectivity index (χ3v) is 4.13. The molecule has 0 amide bonds. The predicted molar refractivity (Wildman–Crippen MR) is 77.7 cm³/mol. The SMILES string of the molecule is CN(CC1CCCC1)CC(CN)c1ccccc1. The number of hydrogen-bond acceptors (Lipinski definition) is 2. The van der Waals surface area contributed by atoms with Crippen molar-refractivity contribution in [2.24, 2.45) is 11.7 Å². The topological polar surface area (TPSA) is 29.3 Å². The molecule has 0 radical (unpaired) electrons. The monoisotopic (exact) mass is 246 g/mol. The van der Waals surface area contributed by atoms with E-state index in [-0.39, 0.29) is 0 Å². The first-order valence-electron chi connectivity index (χ1n) is 7.23. The number of nitrogens with zero attached hydrogens (tertiary/aromatic N) is 1. The molecule has 1 aromatic carbocycles. The van der Waals surface area contributed by atoms with Gasteiger partial charge in [-0.05, 0) is 31.4 Å². The van der Waals surface area contributed by atoms with Gasteiger partial charge in [0, 0.05) is 25.6 Å². The van der Waals surface area contributed by atoms with E-state index in [1.807, 2.05) is 0 Å². The lowest BCUT2D eigenvalue weighted by Gasteiger charge is -2.25. The molecule has 1 aliphatic carbocycles. The van der Waals surface area contributed by atoms with Crippen molar-refractivity contribution in [3.63, 3.8) is 0 Å². The van der Waals surface area contributed by atoms with Gasteiger partial charge in [0.05, 0.1) is 0 Å². The van der Waals surface area contributed by atoms with Crippen molar-refractivity contribution >= 4 is 0 Å². The molecule has 0 aromatic heterocycles. The van der Waals surface area contributed by atoms with Gasteiger partial charge in [0.2, 0.25) is 0 Å². The van der Waals surface area contributed by atoms with Gasteiger partial charge in [0.1, 0.15) is 0 Å². The van der Waals surface area contributed by atoms with Crippen molar-refractivity contribution in [2.45, 2.75) is 31.6 Å². The number of hydrogen-bond donors (Lipinski definition) is 1. The zero-order chi connectivity index (χ0) is 12.8. The second-order valence-electron chi connectivity index (χ2n) is 5.72. The third-order valence-electron chi connectivity index (χ3n) is 4.13. The zero-order valence-corrected chi connectivity index (χ0v) is 11.5. The van der Waals surface area contributed by atoms with Crippen LogP contribution in [0.4, 0.5) is 0 Å². The lowest BCUT2D eigenvalue weighted by atomic mass is 9.98. The van der Waals surface area contributed by atoms with Crippen molar-refractivity contribution in [1.82, 2.24) is 4.90 Å². The molecule has 2 heteroatoms. The van der Waals surface area contributed by atoms with E-state index in [2.05, 4.69) is 42.3 Å². The minimum Gasteiger partial charge on any atom is -0.330 e. The third kappa shape index (κ3) is 3.82. The summed E-state index contributed by atoms with van der Waals surface area (Å²) in [5.74, 6) is 1.39. The van der Waals surface area contributed by atoms with Crippen molar-refractivity contribution in [3.05, 3.63) is 35.9 Å². The Bertz CT molecular complexity index is 330. The zero-order valence-electron chi connectivity index (χ0n) is 11.5. The van der Waals surface area contributed by atoms with E-state index in [4.69, 9.17) is 5.73 Å². The van der Waals surface area contributed by atoms with Gasteiger partial charge in [-0.25, -0.2) is 0 Å². The molecule has 1 atom stereocenters. The number of likely N-dealkylation sites (N-methyl/N-ethyl adjacent to an activating group) is 1. The fourth-order valence-electron chi connectivity index (χ4n) is 3.13. The summed E-state index contributed by atoms with van der Waals surface area (Å²) in [6.07, 6.45) is 5.70. The summed E-state index contributed by atoms with van der Waals surface area (Å²) in [6, 6.07) is 10.7. The van der Waals surface area contributed by atoms with Crippen molar-refractivity contribution in [2.75, 3.05) is 26.7 Å². The Kier molecular flexibility index (Phi) is 5.21. The average molecular weight is 246 g/mol. The number of benzene rings is 1. The van der Waals surface area contributed by atoms with Crippen molar-refractivity contribution in [1.29, 1.82) is 0 Å². The Morgan fingerprint density at radius 3 is 2.50 bits per heavy atom. The lowest BCUT2D eigenvalue weighted by Crippen LogP contribution is -2.32. The number of rotatable bonds is 6. The maximum atomic E-state index is 5.93. The van der Waals surface area contributed by atoms with Gasteiger partial charge < -0.3 is 10.6 Å². The smallest absolute Gasteiger partial charge is 0.00887 e. The molecule has 1 unspecified atom stereocenters. The summed E-state index contributed by atoms with van der Waals surface area (Å²) in [6.45, 7) is 3.05. The molecule has 0 saturated heterocycles. The van der Waals surface area contributed by atoms with E-state index < -0.39 is 0 Å². The van der Waals surface area contributed by atoms with Crippen LogP contribution in [-0.4, -0.2) is 31.6 Å². The first kappa shape index (κ1) is 13.6. The molecule has 1 aromatic rings. The second-order valence-corrected chi connectivity index (χ2v) is 5.72. The molecule has 1 saturated carbocycles. The molecule has 2 N–H and O–H groups in total. The van der Waals surface area contributed by atoms with Crippen LogP contribution < -0.4 is 5.73 Å². The summed E-state index contributed by atoms with van der Waals surface area (Å²) in [5.41, 5.74) is 7.31. The Balaban J connectivity index is 1.85. The molecule has 0 heterocycles. The molecular formula is C16H26N2. The van der Waals surface area contributed by atoms with E-state index in [0.717, 1.165) is 19.0 Å². The average Bonchev–Trinajstić information content (AvgIpc) is 2.90. The summed E-state index contributed by atoms with van der Waals surface area (Å²) < 4.78 is 0. The highest BCUT2D eigenvalue weighted by molar-refractivity contribution is 5.20. The van der Waals surface area contributed by atoms with Crippen LogP contribution in [0.15, 0.2) is 30.3 Å². The van der Waals surface area contributed by atoms with E-state index in [9.17, 15) is 0 Å². The van der Waals surface area contributed by atoms with Crippen LogP contribution in [0.5, 0.6) is 0 Å². The van der Waals surface area contributed by atoms with Crippen LogP contribution in [0, 0.1) is 5.92 Å². The van der Waals surface area contributed by atoms with Gasteiger partial charge in [0.25, 0.3) is 0 Å². The Morgan fingerprint density at radius 1 is 1.22 bits per heavy atom. The van der Waals surface area contributed by atoms with Gasteiger partial charge in [-0.15, -0.1) is 0 Å². The van der Waals surface area contributed by atoms with Crippen LogP contribution in [0.1, 0.15) is 37.2 Å². The normalized spacial score (nSPS) is 18.4. The van der Waals surface area contributed by atoms with E-state index in [0.29, 0.717) is 5.92 Å². The van der Waals surface area contributed by atoms with Crippen molar-refractivity contribution in [3.8, 4) is 0 Å². The molecule has 2 nitrogen and oxygen atoms in total. The minimum atomic E-state index is 0.470. The highest BCUT2D eigenvalue weighted by Gasteiger charge is 2.19. The Morgan fingerprint density at radius 2 is 1.89 bits per heavy atom. The molecule has 1 aliphatic rings. The first-order valence-corrected chi connectivity index (χ1v) is 7.23.